The molecule has 1 aliphatic heterocycles. The van der Waals surface area contributed by atoms with Gasteiger partial charge >= 0.3 is 0 Å². The number of amidine groups is 1. The molecule has 1 aliphatic rings. The molecule has 0 bridgehead atoms. The van der Waals surface area contributed by atoms with E-state index in [9.17, 15) is 9.90 Å². The van der Waals surface area contributed by atoms with Crippen LogP contribution in [0.3, 0.4) is 0 Å². The van der Waals surface area contributed by atoms with Gasteiger partial charge in [-0.3, -0.25) is 10.2 Å². The molecule has 170 valence electrons. The molecule has 0 saturated heterocycles. The molecule has 1 aromatic heterocycles. The van der Waals surface area contributed by atoms with Crippen LogP contribution in [0.25, 0.3) is 15.8 Å². The number of methoxy groups -OCH3 is 1. The van der Waals surface area contributed by atoms with Crippen LogP contribution in [0.1, 0.15) is 20.9 Å². The van der Waals surface area contributed by atoms with E-state index < -0.39 is 0 Å². The van der Waals surface area contributed by atoms with E-state index in [1.807, 2.05) is 54.6 Å². The summed E-state index contributed by atoms with van der Waals surface area (Å²) in [6, 6.07) is 22.3. The molecule has 4 aromatic rings. The van der Waals surface area contributed by atoms with Crippen molar-refractivity contribution in [2.45, 2.75) is 6.54 Å². The average molecular weight is 471 g/mol. The normalized spacial score (nSPS) is 13.6. The van der Waals surface area contributed by atoms with E-state index >= 15 is 0 Å². The van der Waals surface area contributed by atoms with Gasteiger partial charge in [-0.05, 0) is 36.4 Å². The maximum Gasteiger partial charge on any atom is 0.251 e. The predicted molar refractivity (Wildman–Crippen MR) is 135 cm³/mol. The number of carbonyl (C=O) groups excluding carboxylic acids is 1. The highest BCUT2D eigenvalue weighted by Gasteiger charge is 2.31. The molecule has 8 heteroatoms. The Morgan fingerprint density at radius 3 is 2.76 bits per heavy atom. The minimum absolute atomic E-state index is 0.0927. The van der Waals surface area contributed by atoms with Crippen molar-refractivity contribution in [3.63, 3.8) is 0 Å². The zero-order valence-corrected chi connectivity index (χ0v) is 19.2. The number of anilines is 1. The molecule has 5 rings (SSSR count). The molecule has 0 saturated carbocycles. The molecule has 3 aromatic carbocycles. The van der Waals surface area contributed by atoms with Crippen molar-refractivity contribution in [2.75, 3.05) is 18.6 Å². The van der Waals surface area contributed by atoms with Crippen molar-refractivity contribution >= 4 is 44.6 Å². The number of nitrogens with one attached hydrogen (secondary N) is 2. The number of ether oxygens (including phenoxy) is 1. The summed E-state index contributed by atoms with van der Waals surface area (Å²) in [6.45, 7) is 0.479. The second kappa shape index (κ2) is 8.99. The summed E-state index contributed by atoms with van der Waals surface area (Å²) in [4.78, 5) is 19.1. The third-order valence-electron chi connectivity index (χ3n) is 5.66. The van der Waals surface area contributed by atoms with Gasteiger partial charge in [0.05, 0.1) is 29.4 Å². The van der Waals surface area contributed by atoms with Gasteiger partial charge in [0.2, 0.25) is 0 Å². The van der Waals surface area contributed by atoms with Gasteiger partial charge in [-0.2, -0.15) is 0 Å². The first kappa shape index (κ1) is 21.7. The summed E-state index contributed by atoms with van der Waals surface area (Å²) in [5, 5.41) is 22.9. The van der Waals surface area contributed by atoms with Gasteiger partial charge in [-0.1, -0.05) is 36.4 Å². The summed E-state index contributed by atoms with van der Waals surface area (Å²) in [5.41, 5.74) is 3.26. The number of fused-ring (bicyclic) bond motifs is 1. The highest BCUT2D eigenvalue weighted by atomic mass is 32.1. The molecule has 34 heavy (non-hydrogen) atoms. The minimum atomic E-state index is -0.234. The zero-order valence-electron chi connectivity index (χ0n) is 18.4. The molecular formula is C26H22N4O3S. The number of carbonyl (C=O) groups is 1. The maximum absolute atomic E-state index is 12.8. The Kier molecular flexibility index (Phi) is 5.73. The number of amides is 1. The molecule has 0 spiro atoms. The number of thiazole rings is 1. The Morgan fingerprint density at radius 1 is 1.15 bits per heavy atom. The quantitative estimate of drug-likeness (QED) is 0.368. The van der Waals surface area contributed by atoms with Gasteiger partial charge < -0.3 is 20.1 Å². The van der Waals surface area contributed by atoms with Crippen LogP contribution in [0.4, 0.5) is 5.69 Å². The molecule has 0 radical (unpaired) electrons. The van der Waals surface area contributed by atoms with Crippen LogP contribution in [0.15, 0.2) is 78.6 Å². The van der Waals surface area contributed by atoms with Crippen molar-refractivity contribution < 1.29 is 14.6 Å². The Balaban J connectivity index is 1.34. The Labute approximate surface area is 200 Å². The summed E-state index contributed by atoms with van der Waals surface area (Å²) in [6.07, 6.45) is 0. The second-order valence-electron chi connectivity index (χ2n) is 7.79. The first-order valence-corrected chi connectivity index (χ1v) is 11.5. The van der Waals surface area contributed by atoms with E-state index in [-0.39, 0.29) is 24.0 Å². The van der Waals surface area contributed by atoms with Crippen LogP contribution >= 0.6 is 11.3 Å². The fourth-order valence-electron chi connectivity index (χ4n) is 3.95. The van der Waals surface area contributed by atoms with E-state index in [2.05, 4.69) is 10.3 Å². The topological polar surface area (TPSA) is 98.5 Å². The minimum Gasteiger partial charge on any atom is -0.510 e. The van der Waals surface area contributed by atoms with E-state index in [0.717, 1.165) is 15.8 Å². The number of hydrogen-bond acceptors (Lipinski definition) is 6. The van der Waals surface area contributed by atoms with E-state index in [0.29, 0.717) is 34.1 Å². The van der Waals surface area contributed by atoms with Crippen LogP contribution in [-0.4, -0.2) is 35.5 Å². The first-order chi connectivity index (χ1) is 16.5. The van der Waals surface area contributed by atoms with Gasteiger partial charge in [-0.15, -0.1) is 11.3 Å². The lowest BCUT2D eigenvalue weighted by atomic mass is 10.1. The summed E-state index contributed by atoms with van der Waals surface area (Å²) < 4.78 is 6.34. The lowest BCUT2D eigenvalue weighted by Crippen LogP contribution is -2.27. The molecule has 0 aliphatic carbocycles. The lowest BCUT2D eigenvalue weighted by Gasteiger charge is -2.19. The van der Waals surface area contributed by atoms with Gasteiger partial charge in [0, 0.05) is 23.4 Å². The van der Waals surface area contributed by atoms with Crippen LogP contribution < -0.4 is 15.0 Å². The van der Waals surface area contributed by atoms with Gasteiger partial charge in [-0.25, -0.2) is 4.98 Å². The molecule has 0 atom stereocenters. The molecule has 1 amide bonds. The summed E-state index contributed by atoms with van der Waals surface area (Å²) in [5.74, 6) is 0.728. The Morgan fingerprint density at radius 2 is 1.94 bits per heavy atom. The van der Waals surface area contributed by atoms with Crippen molar-refractivity contribution in [2.24, 2.45) is 0 Å². The predicted octanol–water partition coefficient (Wildman–Crippen LogP) is 5.00. The SMILES string of the molecule is COc1ccccc1CNC(=O)c1cccc(N2CC(O)=C(c3nc4ccccc4s3)C2=N)c1. The molecule has 7 nitrogen and oxygen atoms in total. The average Bonchev–Trinajstić information content (AvgIpc) is 3.42. The van der Waals surface area contributed by atoms with Crippen LogP contribution in [-0.2, 0) is 6.54 Å². The number of nitrogens with zero attached hydrogens (tertiary/aromatic N) is 2. The third-order valence-corrected chi connectivity index (χ3v) is 6.72. The standard InChI is InChI=1S/C26H22N4O3S/c1-33-21-11-4-2-7-17(21)14-28-25(32)16-8-6-9-18(13-16)30-15-20(31)23(24(30)27)26-29-19-10-3-5-12-22(19)34-26/h2-13,27,31H,14-15H2,1H3,(H,28,32). The molecule has 2 heterocycles. The van der Waals surface area contributed by atoms with Gasteiger partial charge in [0.15, 0.2) is 0 Å². The van der Waals surface area contributed by atoms with Crippen molar-refractivity contribution in [1.82, 2.24) is 10.3 Å². The molecule has 3 N–H and O–H groups in total. The van der Waals surface area contributed by atoms with Gasteiger partial charge in [0.1, 0.15) is 22.4 Å². The van der Waals surface area contributed by atoms with Crippen LogP contribution in [0.2, 0.25) is 0 Å². The van der Waals surface area contributed by atoms with E-state index in [1.54, 1.807) is 30.2 Å². The maximum atomic E-state index is 12.8. The van der Waals surface area contributed by atoms with Crippen molar-refractivity contribution in [3.05, 3.63) is 94.7 Å². The van der Waals surface area contributed by atoms with Crippen LogP contribution in [0, 0.1) is 5.41 Å². The Hall–Kier alpha value is -4.17. The number of aromatic nitrogens is 1. The fraction of sp³-hybridized carbons (Fsp3) is 0.115. The number of hydrogen-bond donors (Lipinski definition) is 3. The van der Waals surface area contributed by atoms with Crippen molar-refractivity contribution in [1.29, 1.82) is 5.41 Å². The highest BCUT2D eigenvalue weighted by molar-refractivity contribution is 7.19. The highest BCUT2D eigenvalue weighted by Crippen LogP contribution is 2.35. The largest absolute Gasteiger partial charge is 0.510 e. The number of rotatable bonds is 6. The van der Waals surface area contributed by atoms with Crippen LogP contribution in [0.5, 0.6) is 5.75 Å². The molecule has 0 fully saturated rings. The third kappa shape index (κ3) is 3.99. The lowest BCUT2D eigenvalue weighted by molar-refractivity contribution is 0.0950. The smallest absolute Gasteiger partial charge is 0.251 e. The number of benzene rings is 3. The summed E-state index contributed by atoms with van der Waals surface area (Å²) in [7, 11) is 1.60. The number of aliphatic hydroxyl groups is 1. The Bertz CT molecular complexity index is 1410. The zero-order chi connectivity index (χ0) is 23.7. The fourth-order valence-corrected chi connectivity index (χ4v) is 4.98. The monoisotopic (exact) mass is 470 g/mol. The summed E-state index contributed by atoms with van der Waals surface area (Å²) >= 11 is 1.44. The van der Waals surface area contributed by atoms with Crippen molar-refractivity contribution in [3.8, 4) is 5.75 Å². The second-order valence-corrected chi connectivity index (χ2v) is 8.82. The number of aliphatic hydroxyl groups excluding tert-OH is 1. The first-order valence-electron chi connectivity index (χ1n) is 10.7. The molecule has 0 unspecified atom stereocenters. The molecular weight excluding hydrogens is 448 g/mol. The van der Waals surface area contributed by atoms with E-state index in [4.69, 9.17) is 10.1 Å². The number of para-hydroxylation sites is 2. The van der Waals surface area contributed by atoms with E-state index in [1.165, 1.54) is 11.3 Å². The van der Waals surface area contributed by atoms with Gasteiger partial charge in [0.25, 0.3) is 5.91 Å².